The molecular formula is C10H11N3O6. The number of ether oxygens (including phenoxy) is 1. The first kappa shape index (κ1) is 14.4. The number of hydrogen-bond donors (Lipinski definition) is 1. The van der Waals surface area contributed by atoms with Gasteiger partial charge in [-0.15, -0.1) is 0 Å². The van der Waals surface area contributed by atoms with Crippen molar-refractivity contribution in [3.05, 3.63) is 37.9 Å². The first-order valence-corrected chi connectivity index (χ1v) is 5.24. The maximum atomic E-state index is 11.2. The number of rotatable bonds is 4. The number of amides is 1. The zero-order chi connectivity index (χ0) is 14.6. The van der Waals surface area contributed by atoms with E-state index < -0.39 is 27.3 Å². The monoisotopic (exact) mass is 269 g/mol. The Bertz CT molecular complexity index is 507. The van der Waals surface area contributed by atoms with Crippen molar-refractivity contribution < 1.29 is 19.4 Å². The van der Waals surface area contributed by atoms with Crippen LogP contribution in [0.4, 0.5) is 21.9 Å². The van der Waals surface area contributed by atoms with Crippen molar-refractivity contribution in [3.8, 4) is 0 Å². The largest absolute Gasteiger partial charge is 0.450 e. The molecule has 0 saturated heterocycles. The molecule has 0 fully saturated rings. The lowest BCUT2D eigenvalue weighted by Crippen LogP contribution is -2.13. The third-order valence-corrected chi connectivity index (χ3v) is 2.27. The van der Waals surface area contributed by atoms with Crippen LogP contribution >= 0.6 is 0 Å². The molecular weight excluding hydrogens is 258 g/mol. The molecule has 0 aliphatic carbocycles. The van der Waals surface area contributed by atoms with Crippen LogP contribution in [0.5, 0.6) is 0 Å². The van der Waals surface area contributed by atoms with Crippen LogP contribution in [0.1, 0.15) is 12.5 Å². The molecule has 9 heteroatoms. The molecule has 1 aromatic carbocycles. The zero-order valence-corrected chi connectivity index (χ0v) is 10.2. The Morgan fingerprint density at radius 3 is 2.11 bits per heavy atom. The molecule has 1 N–H and O–H groups in total. The molecule has 0 bridgehead atoms. The van der Waals surface area contributed by atoms with E-state index in [1.165, 1.54) is 6.92 Å². The molecule has 0 aromatic heterocycles. The van der Waals surface area contributed by atoms with Gasteiger partial charge in [0.25, 0.3) is 11.4 Å². The Balaban J connectivity index is 3.23. The number of nitrogens with one attached hydrogen (secondary N) is 1. The number of hydrogen-bond acceptors (Lipinski definition) is 6. The third-order valence-electron chi connectivity index (χ3n) is 2.27. The summed E-state index contributed by atoms with van der Waals surface area (Å²) >= 11 is 0. The van der Waals surface area contributed by atoms with Gasteiger partial charge >= 0.3 is 6.09 Å². The molecule has 19 heavy (non-hydrogen) atoms. The highest BCUT2D eigenvalue weighted by Crippen LogP contribution is 2.31. The van der Waals surface area contributed by atoms with E-state index in [-0.39, 0.29) is 17.9 Å². The van der Waals surface area contributed by atoms with Gasteiger partial charge in [-0.05, 0) is 13.8 Å². The fourth-order valence-corrected chi connectivity index (χ4v) is 1.42. The van der Waals surface area contributed by atoms with E-state index in [0.29, 0.717) is 0 Å². The quantitative estimate of drug-likeness (QED) is 0.660. The Morgan fingerprint density at radius 2 is 1.74 bits per heavy atom. The van der Waals surface area contributed by atoms with Gasteiger partial charge in [-0.2, -0.15) is 0 Å². The number of carbonyl (C=O) groups is 1. The average Bonchev–Trinajstić information content (AvgIpc) is 2.30. The van der Waals surface area contributed by atoms with Gasteiger partial charge in [-0.25, -0.2) is 4.79 Å². The van der Waals surface area contributed by atoms with Crippen molar-refractivity contribution in [1.82, 2.24) is 0 Å². The molecule has 0 aliphatic heterocycles. The molecule has 0 heterocycles. The van der Waals surface area contributed by atoms with Crippen LogP contribution in [0.25, 0.3) is 0 Å². The number of nitro groups is 2. The SMILES string of the molecule is CCOC(=O)Nc1cc([N+](=O)[O-])c(C)c([N+](=O)[O-])c1. The van der Waals surface area contributed by atoms with Gasteiger partial charge in [-0.1, -0.05) is 0 Å². The normalized spacial score (nSPS) is 9.79. The van der Waals surface area contributed by atoms with Gasteiger partial charge in [0.1, 0.15) is 5.56 Å². The summed E-state index contributed by atoms with van der Waals surface area (Å²) in [6, 6.07) is 2.08. The fourth-order valence-electron chi connectivity index (χ4n) is 1.42. The number of nitro benzene ring substituents is 2. The predicted octanol–water partition coefficient (Wildman–Crippen LogP) is 2.38. The van der Waals surface area contributed by atoms with Crippen LogP contribution in [0.3, 0.4) is 0 Å². The highest BCUT2D eigenvalue weighted by molar-refractivity contribution is 5.86. The van der Waals surface area contributed by atoms with E-state index >= 15 is 0 Å². The first-order valence-electron chi connectivity index (χ1n) is 5.24. The number of benzene rings is 1. The van der Waals surface area contributed by atoms with Crippen LogP contribution < -0.4 is 5.32 Å². The van der Waals surface area contributed by atoms with Gasteiger partial charge in [0.05, 0.1) is 22.1 Å². The fraction of sp³-hybridized carbons (Fsp3) is 0.300. The smallest absolute Gasteiger partial charge is 0.411 e. The van der Waals surface area contributed by atoms with Gasteiger partial charge in [0.2, 0.25) is 0 Å². The Hall–Kier alpha value is -2.71. The van der Waals surface area contributed by atoms with Crippen molar-refractivity contribution >= 4 is 23.2 Å². The van der Waals surface area contributed by atoms with E-state index in [9.17, 15) is 25.0 Å². The predicted molar refractivity (Wildman–Crippen MR) is 65.1 cm³/mol. The average molecular weight is 269 g/mol. The number of anilines is 1. The van der Waals surface area contributed by atoms with E-state index in [2.05, 4.69) is 10.1 Å². The molecule has 0 aliphatic rings. The second kappa shape index (κ2) is 5.76. The molecule has 0 atom stereocenters. The molecule has 0 unspecified atom stereocenters. The molecule has 1 amide bonds. The highest BCUT2D eigenvalue weighted by Gasteiger charge is 2.23. The van der Waals surface area contributed by atoms with Crippen molar-refractivity contribution in [1.29, 1.82) is 0 Å². The van der Waals surface area contributed by atoms with Crippen molar-refractivity contribution in [3.63, 3.8) is 0 Å². The molecule has 102 valence electrons. The van der Waals surface area contributed by atoms with Gasteiger partial charge in [0, 0.05) is 12.1 Å². The lowest BCUT2D eigenvalue weighted by atomic mass is 10.1. The summed E-state index contributed by atoms with van der Waals surface area (Å²) in [4.78, 5) is 31.3. The van der Waals surface area contributed by atoms with E-state index in [0.717, 1.165) is 12.1 Å². The van der Waals surface area contributed by atoms with Crippen LogP contribution in [0, 0.1) is 27.2 Å². The zero-order valence-electron chi connectivity index (χ0n) is 10.2. The Morgan fingerprint density at radius 1 is 1.26 bits per heavy atom. The van der Waals surface area contributed by atoms with Crippen LogP contribution in [-0.2, 0) is 4.74 Å². The maximum Gasteiger partial charge on any atom is 0.411 e. The number of nitrogens with zero attached hydrogens (tertiary/aromatic N) is 2. The van der Waals surface area contributed by atoms with Crippen molar-refractivity contribution in [2.24, 2.45) is 0 Å². The first-order chi connectivity index (χ1) is 8.86. The lowest BCUT2D eigenvalue weighted by Gasteiger charge is -2.06. The summed E-state index contributed by atoms with van der Waals surface area (Å²) < 4.78 is 4.59. The Labute approximate surface area is 107 Å². The molecule has 1 aromatic rings. The third kappa shape index (κ3) is 3.37. The Kier molecular flexibility index (Phi) is 4.35. The molecule has 1 rings (SSSR count). The van der Waals surface area contributed by atoms with Gasteiger partial charge in [-0.3, -0.25) is 25.5 Å². The lowest BCUT2D eigenvalue weighted by molar-refractivity contribution is -0.395. The summed E-state index contributed by atoms with van der Waals surface area (Å²) in [5.74, 6) is 0. The maximum absolute atomic E-state index is 11.2. The second-order valence-corrected chi connectivity index (χ2v) is 3.50. The summed E-state index contributed by atoms with van der Waals surface area (Å²) in [5.41, 5.74) is -1.03. The summed E-state index contributed by atoms with van der Waals surface area (Å²) in [6.07, 6.45) is -0.838. The topological polar surface area (TPSA) is 125 Å². The van der Waals surface area contributed by atoms with Crippen LogP contribution in [0.15, 0.2) is 12.1 Å². The van der Waals surface area contributed by atoms with Crippen LogP contribution in [-0.4, -0.2) is 22.5 Å². The second-order valence-electron chi connectivity index (χ2n) is 3.50. The summed E-state index contributed by atoms with van der Waals surface area (Å²) in [7, 11) is 0. The minimum atomic E-state index is -0.838. The molecule has 0 spiro atoms. The van der Waals surface area contributed by atoms with Gasteiger partial charge < -0.3 is 4.74 Å². The minimum Gasteiger partial charge on any atom is -0.450 e. The van der Waals surface area contributed by atoms with Crippen molar-refractivity contribution in [2.45, 2.75) is 13.8 Å². The van der Waals surface area contributed by atoms with Crippen molar-refractivity contribution in [2.75, 3.05) is 11.9 Å². The van der Waals surface area contributed by atoms with Crippen LogP contribution in [0.2, 0.25) is 0 Å². The molecule has 0 radical (unpaired) electrons. The molecule has 9 nitrogen and oxygen atoms in total. The highest BCUT2D eigenvalue weighted by atomic mass is 16.6. The van der Waals surface area contributed by atoms with E-state index in [4.69, 9.17) is 0 Å². The summed E-state index contributed by atoms with van der Waals surface area (Å²) in [5, 5.41) is 23.8. The molecule has 0 saturated carbocycles. The standard InChI is InChI=1S/C10H11N3O6/c1-3-19-10(14)11-7-4-8(12(15)16)6(2)9(5-7)13(17)18/h4-5H,3H2,1-2H3,(H,11,14). The van der Waals surface area contributed by atoms with E-state index in [1.54, 1.807) is 6.92 Å². The number of carbonyl (C=O) groups excluding carboxylic acids is 1. The van der Waals surface area contributed by atoms with Gasteiger partial charge in [0.15, 0.2) is 0 Å². The van der Waals surface area contributed by atoms with E-state index in [1.807, 2.05) is 0 Å². The minimum absolute atomic E-state index is 0.0672. The summed E-state index contributed by atoms with van der Waals surface area (Å²) in [6.45, 7) is 2.96.